The number of nitrogens with one attached hydrogen (secondary N) is 2. The van der Waals surface area contributed by atoms with Crippen molar-refractivity contribution >= 4 is 11.5 Å². The Bertz CT molecular complexity index is 497. The number of hydrogen-bond donors (Lipinski definition) is 2. The molecule has 0 saturated carbocycles. The zero-order valence-corrected chi connectivity index (χ0v) is 10.3. The van der Waals surface area contributed by atoms with Gasteiger partial charge < -0.3 is 10.6 Å². The van der Waals surface area contributed by atoms with Gasteiger partial charge in [-0.3, -0.25) is 0 Å². The monoisotopic (exact) mass is 245 g/mol. The van der Waals surface area contributed by atoms with Crippen LogP contribution in [0.4, 0.5) is 15.9 Å². The highest BCUT2D eigenvalue weighted by Gasteiger charge is 1.97. The second-order valence-corrected chi connectivity index (χ2v) is 3.94. The predicted molar refractivity (Wildman–Crippen MR) is 72.1 cm³/mol. The van der Waals surface area contributed by atoms with Crippen LogP contribution in [0.3, 0.4) is 0 Å². The standard InChI is InChI=1S/C14H16FN3/c1-2-16-14-9-13(7-8-17-14)18-10-11-3-5-12(15)6-4-11/h3-9H,2,10H2,1H3,(H2,16,17,18). The van der Waals surface area contributed by atoms with Crippen LogP contribution in [0.5, 0.6) is 0 Å². The molecule has 2 aromatic rings. The normalized spacial score (nSPS) is 10.1. The minimum absolute atomic E-state index is 0.211. The SMILES string of the molecule is CCNc1cc(NCc2ccc(F)cc2)ccn1. The molecular formula is C14H16FN3. The van der Waals surface area contributed by atoms with Gasteiger partial charge in [0.05, 0.1) is 0 Å². The lowest BCUT2D eigenvalue weighted by Gasteiger charge is -2.08. The second kappa shape index (κ2) is 6.00. The Labute approximate surface area is 106 Å². The average Bonchev–Trinajstić information content (AvgIpc) is 2.39. The van der Waals surface area contributed by atoms with Crippen LogP contribution >= 0.6 is 0 Å². The molecule has 0 aliphatic heterocycles. The van der Waals surface area contributed by atoms with Gasteiger partial charge in [-0.2, -0.15) is 0 Å². The largest absolute Gasteiger partial charge is 0.381 e. The van der Waals surface area contributed by atoms with Gasteiger partial charge in [0.15, 0.2) is 0 Å². The van der Waals surface area contributed by atoms with Gasteiger partial charge >= 0.3 is 0 Å². The van der Waals surface area contributed by atoms with E-state index < -0.39 is 0 Å². The molecule has 94 valence electrons. The summed E-state index contributed by atoms with van der Waals surface area (Å²) in [5, 5.41) is 6.43. The molecule has 18 heavy (non-hydrogen) atoms. The van der Waals surface area contributed by atoms with Crippen molar-refractivity contribution < 1.29 is 4.39 Å². The molecule has 2 rings (SSSR count). The fourth-order valence-corrected chi connectivity index (χ4v) is 1.62. The first-order valence-electron chi connectivity index (χ1n) is 5.96. The van der Waals surface area contributed by atoms with Crippen LogP contribution in [0.25, 0.3) is 0 Å². The smallest absolute Gasteiger partial charge is 0.127 e. The number of hydrogen-bond acceptors (Lipinski definition) is 3. The highest BCUT2D eigenvalue weighted by atomic mass is 19.1. The number of benzene rings is 1. The summed E-state index contributed by atoms with van der Waals surface area (Å²) in [5.41, 5.74) is 2.03. The summed E-state index contributed by atoms with van der Waals surface area (Å²) in [5.74, 6) is 0.638. The van der Waals surface area contributed by atoms with E-state index in [1.54, 1.807) is 18.3 Å². The van der Waals surface area contributed by atoms with E-state index in [2.05, 4.69) is 15.6 Å². The summed E-state index contributed by atoms with van der Waals surface area (Å²) < 4.78 is 12.8. The molecule has 0 amide bonds. The van der Waals surface area contributed by atoms with Crippen LogP contribution in [-0.2, 0) is 6.54 Å². The van der Waals surface area contributed by atoms with E-state index in [1.165, 1.54) is 12.1 Å². The number of rotatable bonds is 5. The van der Waals surface area contributed by atoms with Gasteiger partial charge in [-0.15, -0.1) is 0 Å². The Hall–Kier alpha value is -2.10. The summed E-state index contributed by atoms with van der Waals surface area (Å²) in [7, 11) is 0. The van der Waals surface area contributed by atoms with E-state index in [1.807, 2.05) is 19.1 Å². The molecule has 0 saturated heterocycles. The van der Waals surface area contributed by atoms with Crippen molar-refractivity contribution in [2.24, 2.45) is 0 Å². The Morgan fingerprint density at radius 1 is 1.11 bits per heavy atom. The first kappa shape index (κ1) is 12.4. The number of aromatic nitrogens is 1. The van der Waals surface area contributed by atoms with Gasteiger partial charge in [0.2, 0.25) is 0 Å². The molecule has 0 aliphatic rings. The van der Waals surface area contributed by atoms with Gasteiger partial charge in [0, 0.05) is 31.0 Å². The first-order chi connectivity index (χ1) is 8.78. The van der Waals surface area contributed by atoms with Gasteiger partial charge in [0.1, 0.15) is 11.6 Å². The zero-order chi connectivity index (χ0) is 12.8. The van der Waals surface area contributed by atoms with Crippen molar-refractivity contribution in [1.29, 1.82) is 0 Å². The predicted octanol–water partition coefficient (Wildman–Crippen LogP) is 3.26. The summed E-state index contributed by atoms with van der Waals surface area (Å²) in [6.07, 6.45) is 1.75. The van der Waals surface area contributed by atoms with E-state index in [4.69, 9.17) is 0 Å². The Morgan fingerprint density at radius 2 is 1.89 bits per heavy atom. The Balaban J connectivity index is 1.97. The number of nitrogens with zero attached hydrogens (tertiary/aromatic N) is 1. The molecule has 0 atom stereocenters. The van der Waals surface area contributed by atoms with Crippen molar-refractivity contribution in [3.8, 4) is 0 Å². The fourth-order valence-electron chi connectivity index (χ4n) is 1.62. The lowest BCUT2D eigenvalue weighted by molar-refractivity contribution is 0.627. The molecular weight excluding hydrogens is 229 g/mol. The maximum Gasteiger partial charge on any atom is 0.127 e. The molecule has 0 spiro atoms. The lowest BCUT2D eigenvalue weighted by Crippen LogP contribution is -2.02. The number of anilines is 2. The van der Waals surface area contributed by atoms with Gasteiger partial charge in [0.25, 0.3) is 0 Å². The van der Waals surface area contributed by atoms with Gasteiger partial charge in [-0.1, -0.05) is 12.1 Å². The third kappa shape index (κ3) is 3.45. The average molecular weight is 245 g/mol. The van der Waals surface area contributed by atoms with E-state index in [-0.39, 0.29) is 5.82 Å². The molecule has 2 N–H and O–H groups in total. The maximum absolute atomic E-state index is 12.8. The Kier molecular flexibility index (Phi) is 4.12. The van der Waals surface area contributed by atoms with Crippen molar-refractivity contribution in [2.75, 3.05) is 17.2 Å². The molecule has 1 aromatic carbocycles. The van der Waals surface area contributed by atoms with E-state index in [9.17, 15) is 4.39 Å². The summed E-state index contributed by atoms with van der Waals surface area (Å²) in [6, 6.07) is 10.3. The minimum atomic E-state index is -0.211. The molecule has 4 heteroatoms. The molecule has 0 unspecified atom stereocenters. The second-order valence-electron chi connectivity index (χ2n) is 3.94. The third-order valence-electron chi connectivity index (χ3n) is 2.53. The highest BCUT2D eigenvalue weighted by molar-refractivity contribution is 5.52. The molecule has 0 bridgehead atoms. The highest BCUT2D eigenvalue weighted by Crippen LogP contribution is 2.13. The van der Waals surface area contributed by atoms with Gasteiger partial charge in [-0.05, 0) is 30.7 Å². The van der Waals surface area contributed by atoms with E-state index in [0.29, 0.717) is 6.54 Å². The molecule has 3 nitrogen and oxygen atoms in total. The van der Waals surface area contributed by atoms with Crippen LogP contribution in [0.1, 0.15) is 12.5 Å². The summed E-state index contributed by atoms with van der Waals surface area (Å²) >= 11 is 0. The third-order valence-corrected chi connectivity index (χ3v) is 2.53. The van der Waals surface area contributed by atoms with Crippen molar-refractivity contribution in [2.45, 2.75) is 13.5 Å². The molecule has 0 aliphatic carbocycles. The summed E-state index contributed by atoms with van der Waals surface area (Å²) in [4.78, 5) is 4.20. The van der Waals surface area contributed by atoms with Crippen LogP contribution in [0.15, 0.2) is 42.6 Å². The zero-order valence-electron chi connectivity index (χ0n) is 10.3. The number of halogens is 1. The fraction of sp³-hybridized carbons (Fsp3) is 0.214. The first-order valence-corrected chi connectivity index (χ1v) is 5.96. The van der Waals surface area contributed by atoms with Crippen molar-refractivity contribution in [3.05, 3.63) is 54.0 Å². The van der Waals surface area contributed by atoms with Gasteiger partial charge in [-0.25, -0.2) is 9.37 Å². The van der Waals surface area contributed by atoms with E-state index >= 15 is 0 Å². The number of pyridine rings is 1. The van der Waals surface area contributed by atoms with Crippen LogP contribution in [0.2, 0.25) is 0 Å². The molecule has 1 aromatic heterocycles. The topological polar surface area (TPSA) is 37.0 Å². The molecule has 0 radical (unpaired) electrons. The molecule has 1 heterocycles. The van der Waals surface area contributed by atoms with Crippen molar-refractivity contribution in [3.63, 3.8) is 0 Å². The Morgan fingerprint density at radius 3 is 2.61 bits per heavy atom. The van der Waals surface area contributed by atoms with Crippen LogP contribution < -0.4 is 10.6 Å². The quantitative estimate of drug-likeness (QED) is 0.849. The molecule has 0 fully saturated rings. The summed E-state index contributed by atoms with van der Waals surface area (Å²) in [6.45, 7) is 3.53. The van der Waals surface area contributed by atoms with Crippen molar-refractivity contribution in [1.82, 2.24) is 4.98 Å². The minimum Gasteiger partial charge on any atom is -0.381 e. The lowest BCUT2D eigenvalue weighted by atomic mass is 10.2. The van der Waals surface area contributed by atoms with E-state index in [0.717, 1.165) is 23.6 Å². The van der Waals surface area contributed by atoms with Crippen LogP contribution in [0, 0.1) is 5.82 Å². The maximum atomic E-state index is 12.8. The van der Waals surface area contributed by atoms with Crippen LogP contribution in [-0.4, -0.2) is 11.5 Å².